The normalized spacial score (nSPS) is 16.4. The molecule has 184 valence electrons. The zero-order valence-corrected chi connectivity index (χ0v) is 20.0. The van der Waals surface area contributed by atoms with Crippen molar-refractivity contribution < 1.29 is 29.3 Å². The standard InChI is InChI=1S/C24H37N3O6/c1-5-27(22(31)19(15-28)26-23(32)33-24(2,3)4)20(16-10-9-13-18(29)14-16)21(30)25-17-11-7-6-8-12-17/h9-10,13-14,17,19-20,28-29H,5-8,11-12,15H2,1-4H3,(H,25,30)(H,26,32). The van der Waals surface area contributed by atoms with Gasteiger partial charge < -0.3 is 30.5 Å². The summed E-state index contributed by atoms with van der Waals surface area (Å²) in [6.07, 6.45) is 4.10. The third-order valence-electron chi connectivity index (χ3n) is 5.49. The van der Waals surface area contributed by atoms with Crippen LogP contribution in [0.3, 0.4) is 0 Å². The van der Waals surface area contributed by atoms with Crippen LogP contribution in [-0.4, -0.2) is 63.9 Å². The number of phenols is 1. The van der Waals surface area contributed by atoms with Gasteiger partial charge in [0.1, 0.15) is 23.4 Å². The van der Waals surface area contributed by atoms with Crippen molar-refractivity contribution in [1.29, 1.82) is 0 Å². The third-order valence-corrected chi connectivity index (χ3v) is 5.49. The number of phenolic OH excluding ortho intramolecular Hbond substituents is 1. The van der Waals surface area contributed by atoms with Gasteiger partial charge in [0, 0.05) is 12.6 Å². The van der Waals surface area contributed by atoms with E-state index in [1.165, 1.54) is 17.0 Å². The molecule has 1 aromatic rings. The number of rotatable bonds is 8. The first-order valence-corrected chi connectivity index (χ1v) is 11.6. The highest BCUT2D eigenvalue weighted by atomic mass is 16.6. The Labute approximate surface area is 195 Å². The van der Waals surface area contributed by atoms with Gasteiger partial charge in [-0.15, -0.1) is 0 Å². The molecule has 0 saturated heterocycles. The van der Waals surface area contributed by atoms with Crippen molar-refractivity contribution in [3.05, 3.63) is 29.8 Å². The molecule has 9 nitrogen and oxygen atoms in total. The molecule has 0 radical (unpaired) electrons. The van der Waals surface area contributed by atoms with Crippen LogP contribution in [0.2, 0.25) is 0 Å². The summed E-state index contributed by atoms with van der Waals surface area (Å²) < 4.78 is 5.20. The molecule has 0 bridgehead atoms. The lowest BCUT2D eigenvalue weighted by atomic mass is 9.94. The van der Waals surface area contributed by atoms with Gasteiger partial charge in [0.2, 0.25) is 11.8 Å². The number of aromatic hydroxyl groups is 1. The number of carbonyl (C=O) groups is 3. The predicted molar refractivity (Wildman–Crippen MR) is 123 cm³/mol. The number of nitrogens with zero attached hydrogens (tertiary/aromatic N) is 1. The Morgan fingerprint density at radius 2 is 1.85 bits per heavy atom. The molecular formula is C24H37N3O6. The SMILES string of the molecule is CCN(C(=O)C(CO)NC(=O)OC(C)(C)C)C(C(=O)NC1CCCCC1)c1cccc(O)c1. The fourth-order valence-corrected chi connectivity index (χ4v) is 4.00. The van der Waals surface area contributed by atoms with Crippen LogP contribution in [0.15, 0.2) is 24.3 Å². The number of ether oxygens (including phenoxy) is 1. The Morgan fingerprint density at radius 1 is 1.18 bits per heavy atom. The number of nitrogens with one attached hydrogen (secondary N) is 2. The summed E-state index contributed by atoms with van der Waals surface area (Å²) in [4.78, 5) is 40.2. The topological polar surface area (TPSA) is 128 Å². The zero-order valence-electron chi connectivity index (χ0n) is 20.0. The first-order valence-electron chi connectivity index (χ1n) is 11.6. The summed E-state index contributed by atoms with van der Waals surface area (Å²) in [5.74, 6) is -1.02. The lowest BCUT2D eigenvalue weighted by Gasteiger charge is -2.34. The van der Waals surface area contributed by atoms with Gasteiger partial charge in [-0.25, -0.2) is 4.79 Å². The maximum atomic E-state index is 13.4. The first-order chi connectivity index (χ1) is 15.6. The molecule has 1 fully saturated rings. The summed E-state index contributed by atoms with van der Waals surface area (Å²) in [6, 6.07) is 3.89. The van der Waals surface area contributed by atoms with E-state index >= 15 is 0 Å². The van der Waals surface area contributed by atoms with Gasteiger partial charge in [0.25, 0.3) is 0 Å². The second-order valence-corrected chi connectivity index (χ2v) is 9.35. The van der Waals surface area contributed by atoms with E-state index in [1.807, 2.05) is 0 Å². The molecule has 33 heavy (non-hydrogen) atoms. The van der Waals surface area contributed by atoms with E-state index in [0.29, 0.717) is 5.56 Å². The van der Waals surface area contributed by atoms with Gasteiger partial charge in [-0.1, -0.05) is 31.4 Å². The Balaban J connectivity index is 2.30. The minimum Gasteiger partial charge on any atom is -0.508 e. The van der Waals surface area contributed by atoms with Crippen LogP contribution in [0.5, 0.6) is 5.75 Å². The fourth-order valence-electron chi connectivity index (χ4n) is 4.00. The second-order valence-electron chi connectivity index (χ2n) is 9.35. The van der Waals surface area contributed by atoms with E-state index in [2.05, 4.69) is 10.6 Å². The fraction of sp³-hybridized carbons (Fsp3) is 0.625. The molecule has 1 aliphatic carbocycles. The number of hydrogen-bond donors (Lipinski definition) is 4. The Morgan fingerprint density at radius 3 is 2.39 bits per heavy atom. The molecule has 3 amide bonds. The summed E-state index contributed by atoms with van der Waals surface area (Å²) in [6.45, 7) is 6.26. The average molecular weight is 464 g/mol. The number of aliphatic hydroxyl groups is 1. The minimum absolute atomic E-state index is 0.0217. The van der Waals surface area contributed by atoms with Crippen LogP contribution in [0.25, 0.3) is 0 Å². The largest absolute Gasteiger partial charge is 0.508 e. The summed E-state index contributed by atoms with van der Waals surface area (Å²) in [5.41, 5.74) is -0.339. The Hall–Kier alpha value is -2.81. The molecule has 2 atom stereocenters. The van der Waals surface area contributed by atoms with Crippen molar-refractivity contribution in [3.63, 3.8) is 0 Å². The van der Waals surface area contributed by atoms with Crippen molar-refractivity contribution in [3.8, 4) is 5.75 Å². The van der Waals surface area contributed by atoms with Crippen LogP contribution >= 0.6 is 0 Å². The van der Waals surface area contributed by atoms with Crippen molar-refractivity contribution in [2.24, 2.45) is 0 Å². The molecule has 0 aromatic heterocycles. The van der Waals surface area contributed by atoms with Crippen molar-refractivity contribution in [1.82, 2.24) is 15.5 Å². The van der Waals surface area contributed by atoms with E-state index in [9.17, 15) is 24.6 Å². The monoisotopic (exact) mass is 463 g/mol. The van der Waals surface area contributed by atoms with E-state index in [-0.39, 0.29) is 24.2 Å². The Bertz CT molecular complexity index is 817. The second kappa shape index (κ2) is 11.9. The summed E-state index contributed by atoms with van der Waals surface area (Å²) in [7, 11) is 0. The molecule has 1 aromatic carbocycles. The van der Waals surface area contributed by atoms with E-state index in [4.69, 9.17) is 4.74 Å². The quantitative estimate of drug-likeness (QED) is 0.469. The molecule has 9 heteroatoms. The maximum Gasteiger partial charge on any atom is 0.408 e. The molecule has 0 heterocycles. The summed E-state index contributed by atoms with van der Waals surface area (Å²) >= 11 is 0. The number of aliphatic hydroxyl groups excluding tert-OH is 1. The summed E-state index contributed by atoms with van der Waals surface area (Å²) in [5, 5.41) is 25.3. The van der Waals surface area contributed by atoms with Crippen LogP contribution in [0.1, 0.15) is 71.4 Å². The third kappa shape index (κ3) is 7.92. The van der Waals surface area contributed by atoms with Gasteiger partial charge in [-0.05, 0) is 58.2 Å². The van der Waals surface area contributed by atoms with Crippen LogP contribution in [-0.2, 0) is 14.3 Å². The highest BCUT2D eigenvalue weighted by molar-refractivity contribution is 5.92. The lowest BCUT2D eigenvalue weighted by molar-refractivity contribution is -0.143. The van der Waals surface area contributed by atoms with Crippen LogP contribution < -0.4 is 10.6 Å². The number of likely N-dealkylation sites (N-methyl/N-ethyl adjacent to an activating group) is 1. The molecule has 4 N–H and O–H groups in total. The van der Waals surface area contributed by atoms with Crippen LogP contribution in [0.4, 0.5) is 4.79 Å². The molecule has 1 aliphatic rings. The predicted octanol–water partition coefficient (Wildman–Crippen LogP) is 2.62. The number of benzene rings is 1. The molecule has 0 spiro atoms. The van der Waals surface area contributed by atoms with E-state index in [0.717, 1.165) is 32.1 Å². The van der Waals surface area contributed by atoms with Gasteiger partial charge in [-0.2, -0.15) is 0 Å². The van der Waals surface area contributed by atoms with Crippen molar-refractivity contribution in [2.45, 2.75) is 83.5 Å². The highest BCUT2D eigenvalue weighted by Gasteiger charge is 2.36. The number of alkyl carbamates (subject to hydrolysis) is 1. The van der Waals surface area contributed by atoms with Gasteiger partial charge in [0.05, 0.1) is 6.61 Å². The van der Waals surface area contributed by atoms with Crippen molar-refractivity contribution in [2.75, 3.05) is 13.2 Å². The van der Waals surface area contributed by atoms with Crippen molar-refractivity contribution >= 4 is 17.9 Å². The molecule has 2 unspecified atom stereocenters. The lowest BCUT2D eigenvalue weighted by Crippen LogP contribution is -2.55. The number of carbonyl (C=O) groups excluding carboxylic acids is 3. The minimum atomic E-state index is -1.29. The first kappa shape index (κ1) is 26.4. The molecule has 0 aliphatic heterocycles. The average Bonchev–Trinajstić information content (AvgIpc) is 2.74. The molecular weight excluding hydrogens is 426 g/mol. The van der Waals surface area contributed by atoms with Crippen LogP contribution in [0, 0.1) is 0 Å². The zero-order chi connectivity index (χ0) is 24.6. The smallest absolute Gasteiger partial charge is 0.408 e. The van der Waals surface area contributed by atoms with Gasteiger partial charge in [-0.3, -0.25) is 9.59 Å². The molecule has 1 saturated carbocycles. The van der Waals surface area contributed by atoms with Gasteiger partial charge >= 0.3 is 6.09 Å². The highest BCUT2D eigenvalue weighted by Crippen LogP contribution is 2.26. The maximum absolute atomic E-state index is 13.4. The number of amides is 3. The Kier molecular flexibility index (Phi) is 9.52. The van der Waals surface area contributed by atoms with E-state index < -0.39 is 36.3 Å². The molecule has 2 rings (SSSR count). The number of hydrogen-bond acceptors (Lipinski definition) is 6. The van der Waals surface area contributed by atoms with Gasteiger partial charge in [0.15, 0.2) is 0 Å². The van der Waals surface area contributed by atoms with E-state index in [1.54, 1.807) is 39.8 Å².